The predicted octanol–water partition coefficient (Wildman–Crippen LogP) is 1.59. The average molecular weight is 232 g/mol. The molecule has 0 aromatic rings. The highest BCUT2D eigenvalue weighted by molar-refractivity contribution is 7.51. The fourth-order valence-electron chi connectivity index (χ4n) is 2.01. The summed E-state index contributed by atoms with van der Waals surface area (Å²) in [5, 5.41) is 0. The minimum atomic E-state index is -3.43. The van der Waals surface area contributed by atoms with Crippen molar-refractivity contribution in [3.63, 3.8) is 0 Å². The minimum absolute atomic E-state index is 0.0645. The van der Waals surface area contributed by atoms with Crippen molar-refractivity contribution in [2.45, 2.75) is 31.2 Å². The van der Waals surface area contributed by atoms with Gasteiger partial charge in [-0.1, -0.05) is 12.2 Å². The Labute approximate surface area is 92.3 Å². The molecule has 1 saturated carbocycles. The Hall–Kier alpha value is 0.175. The first-order valence-electron chi connectivity index (χ1n) is 5.15. The van der Waals surface area contributed by atoms with Crippen molar-refractivity contribution in [2.75, 3.05) is 20.4 Å². The Morgan fingerprint density at radius 2 is 2.20 bits per heavy atom. The molecule has 2 radical (unpaired) electrons. The minimum Gasteiger partial charge on any atom is -0.384 e. The molecule has 1 N–H and O–H groups in total. The maximum absolute atomic E-state index is 11.2. The number of hydrogen-bond acceptors (Lipinski definition) is 3. The Kier molecular flexibility index (Phi) is 4.84. The van der Waals surface area contributed by atoms with Crippen molar-refractivity contribution in [1.82, 2.24) is 0 Å². The summed E-state index contributed by atoms with van der Waals surface area (Å²) < 4.78 is 21.4. The van der Waals surface area contributed by atoms with Crippen LogP contribution in [0.3, 0.4) is 0 Å². The maximum Gasteiger partial charge on any atom is 0.325 e. The van der Waals surface area contributed by atoms with Gasteiger partial charge in [0.2, 0.25) is 0 Å². The second-order valence-electron chi connectivity index (χ2n) is 4.24. The highest BCUT2D eigenvalue weighted by Crippen LogP contribution is 2.44. The van der Waals surface area contributed by atoms with Crippen LogP contribution in [0.15, 0.2) is 0 Å². The van der Waals surface area contributed by atoms with Crippen molar-refractivity contribution >= 4 is 15.4 Å². The molecule has 6 heteroatoms. The first-order valence-corrected chi connectivity index (χ1v) is 7.18. The molecule has 1 aliphatic rings. The van der Waals surface area contributed by atoms with Crippen molar-refractivity contribution in [3.8, 4) is 0 Å². The summed E-state index contributed by atoms with van der Waals surface area (Å²) in [7, 11) is 4.00. The van der Waals surface area contributed by atoms with Crippen LogP contribution in [0.1, 0.15) is 19.3 Å². The van der Waals surface area contributed by atoms with Crippen LogP contribution in [0.25, 0.3) is 0 Å². The molecular weight excluding hydrogens is 214 g/mol. The lowest BCUT2D eigenvalue weighted by Gasteiger charge is -2.34. The maximum atomic E-state index is 11.2. The van der Waals surface area contributed by atoms with Gasteiger partial charge in [0.15, 0.2) is 0 Å². The van der Waals surface area contributed by atoms with Crippen molar-refractivity contribution in [3.05, 3.63) is 0 Å². The van der Waals surface area contributed by atoms with E-state index >= 15 is 0 Å². The Morgan fingerprint density at radius 3 is 2.73 bits per heavy atom. The van der Waals surface area contributed by atoms with Crippen LogP contribution in [0.4, 0.5) is 0 Å². The van der Waals surface area contributed by atoms with Gasteiger partial charge < -0.3 is 14.2 Å². The van der Waals surface area contributed by atoms with Crippen LogP contribution in [0, 0.1) is 5.92 Å². The van der Waals surface area contributed by atoms with Gasteiger partial charge in [-0.05, 0) is 12.8 Å². The van der Waals surface area contributed by atoms with Gasteiger partial charge in [0.05, 0.1) is 20.6 Å². The summed E-state index contributed by atoms with van der Waals surface area (Å²) in [5.41, 5.74) is 0. The monoisotopic (exact) mass is 232 g/mol. The first kappa shape index (κ1) is 13.2. The second-order valence-corrected chi connectivity index (χ2v) is 6.05. The third-order valence-electron chi connectivity index (χ3n) is 2.68. The second kappa shape index (κ2) is 5.49. The molecule has 1 aliphatic carbocycles. The summed E-state index contributed by atoms with van der Waals surface area (Å²) in [4.78, 5) is 9.19. The topological polar surface area (TPSA) is 55.8 Å². The van der Waals surface area contributed by atoms with Crippen molar-refractivity contribution in [2.24, 2.45) is 5.92 Å². The number of rotatable bonds is 4. The molecule has 0 aliphatic heterocycles. The van der Waals surface area contributed by atoms with E-state index in [-0.39, 0.29) is 17.8 Å². The van der Waals surface area contributed by atoms with Crippen LogP contribution < -0.4 is 0 Å². The van der Waals surface area contributed by atoms with Gasteiger partial charge >= 0.3 is 7.60 Å². The molecule has 0 spiro atoms. The zero-order valence-electron chi connectivity index (χ0n) is 9.26. The Bertz CT molecular complexity index is 242. The molecular formula is C9H18BO4P. The smallest absolute Gasteiger partial charge is 0.325 e. The van der Waals surface area contributed by atoms with E-state index in [1.54, 1.807) is 7.11 Å². The van der Waals surface area contributed by atoms with E-state index in [1.807, 2.05) is 0 Å². The SMILES string of the molecule is [B][C@H]1CCC(COC)C(OP(C)(=O)O)C1. The fourth-order valence-corrected chi connectivity index (χ4v) is 2.77. The van der Waals surface area contributed by atoms with E-state index in [0.29, 0.717) is 13.0 Å². The number of methoxy groups -OCH3 is 1. The molecule has 1 fully saturated rings. The fraction of sp³-hybridized carbons (Fsp3) is 1.00. The Morgan fingerprint density at radius 1 is 1.53 bits per heavy atom. The molecule has 1 rings (SSSR count). The van der Waals surface area contributed by atoms with E-state index in [0.717, 1.165) is 12.8 Å². The van der Waals surface area contributed by atoms with E-state index in [2.05, 4.69) is 0 Å². The molecule has 0 bridgehead atoms. The zero-order valence-corrected chi connectivity index (χ0v) is 10.2. The average Bonchev–Trinajstić information content (AvgIpc) is 2.07. The molecule has 86 valence electrons. The zero-order chi connectivity index (χ0) is 11.5. The Balaban J connectivity index is 2.57. The van der Waals surface area contributed by atoms with E-state index in [1.165, 1.54) is 6.66 Å². The quantitative estimate of drug-likeness (QED) is 0.590. The lowest BCUT2D eigenvalue weighted by atomic mass is 9.71. The number of ether oxygens (including phenoxy) is 1. The van der Waals surface area contributed by atoms with Crippen LogP contribution in [-0.4, -0.2) is 39.2 Å². The molecule has 4 atom stereocenters. The summed E-state index contributed by atoms with van der Waals surface area (Å²) in [6, 6.07) is 0. The van der Waals surface area contributed by atoms with Crippen LogP contribution in [-0.2, 0) is 13.8 Å². The van der Waals surface area contributed by atoms with Gasteiger partial charge in [-0.3, -0.25) is 4.57 Å². The molecule has 3 unspecified atom stereocenters. The van der Waals surface area contributed by atoms with Gasteiger partial charge in [0.25, 0.3) is 0 Å². The summed E-state index contributed by atoms with van der Waals surface area (Å²) in [6.45, 7) is 1.76. The molecule has 0 aromatic carbocycles. The normalized spacial score (nSPS) is 36.1. The third kappa shape index (κ3) is 4.69. The highest BCUT2D eigenvalue weighted by Gasteiger charge is 2.32. The summed E-state index contributed by atoms with van der Waals surface area (Å²) in [6.07, 6.45) is 2.19. The molecule has 4 nitrogen and oxygen atoms in total. The highest BCUT2D eigenvalue weighted by atomic mass is 31.2. The van der Waals surface area contributed by atoms with Crippen LogP contribution in [0.5, 0.6) is 0 Å². The van der Waals surface area contributed by atoms with Crippen molar-refractivity contribution < 1.29 is 18.7 Å². The molecule has 0 aromatic heterocycles. The van der Waals surface area contributed by atoms with Gasteiger partial charge in [0, 0.05) is 19.7 Å². The van der Waals surface area contributed by atoms with E-state index < -0.39 is 7.60 Å². The third-order valence-corrected chi connectivity index (χ3v) is 3.34. The predicted molar refractivity (Wildman–Crippen MR) is 59.3 cm³/mol. The van der Waals surface area contributed by atoms with E-state index in [4.69, 9.17) is 17.1 Å². The van der Waals surface area contributed by atoms with Gasteiger partial charge in [-0.2, -0.15) is 0 Å². The molecule has 0 amide bonds. The van der Waals surface area contributed by atoms with Crippen LogP contribution >= 0.6 is 7.60 Å². The van der Waals surface area contributed by atoms with Crippen LogP contribution in [0.2, 0.25) is 5.82 Å². The van der Waals surface area contributed by atoms with Gasteiger partial charge in [0.1, 0.15) is 0 Å². The summed E-state index contributed by atoms with van der Waals surface area (Å²) >= 11 is 0. The van der Waals surface area contributed by atoms with Crippen molar-refractivity contribution in [1.29, 1.82) is 0 Å². The number of hydrogen-bond donors (Lipinski definition) is 1. The van der Waals surface area contributed by atoms with Gasteiger partial charge in [-0.25, -0.2) is 0 Å². The molecule has 0 saturated heterocycles. The first-order chi connectivity index (χ1) is 6.92. The standard InChI is InChI=1S/C9H18BO4P/c1-13-6-7-3-4-8(10)5-9(7)14-15(2,11)12/h7-9H,3-6H2,1-2H3,(H,11,12)/t7?,8-,9?/m0/s1. The lowest BCUT2D eigenvalue weighted by molar-refractivity contribution is 0.0313. The molecule has 15 heavy (non-hydrogen) atoms. The van der Waals surface area contributed by atoms with E-state index in [9.17, 15) is 9.46 Å². The largest absolute Gasteiger partial charge is 0.384 e. The summed E-state index contributed by atoms with van der Waals surface area (Å²) in [5.74, 6) is 0.241. The lowest BCUT2D eigenvalue weighted by Crippen LogP contribution is -2.32. The van der Waals surface area contributed by atoms with Gasteiger partial charge in [-0.15, -0.1) is 0 Å². The molecule has 0 heterocycles.